The lowest BCUT2D eigenvalue weighted by atomic mass is 10.1. The monoisotopic (exact) mass is 305 g/mol. The van der Waals surface area contributed by atoms with Gasteiger partial charge in [0.15, 0.2) is 0 Å². The molecule has 0 radical (unpaired) electrons. The maximum atomic E-state index is 12.1. The minimum Gasteiger partial charge on any atom is -0.383 e. The van der Waals surface area contributed by atoms with Gasteiger partial charge in [-0.2, -0.15) is 0 Å². The Morgan fingerprint density at radius 3 is 2.59 bits per heavy atom. The molecule has 0 aliphatic carbocycles. The Morgan fingerprint density at radius 1 is 1.41 bits per heavy atom. The lowest BCUT2D eigenvalue weighted by Gasteiger charge is -2.17. The number of aliphatic hydroxyl groups is 1. The molecular weight excluding hydrogens is 290 g/mol. The fourth-order valence-electron chi connectivity index (χ4n) is 2.15. The van der Waals surface area contributed by atoms with E-state index in [0.29, 0.717) is 18.7 Å². The van der Waals surface area contributed by atoms with Gasteiger partial charge >= 0.3 is 0 Å². The molecule has 8 nitrogen and oxygen atoms in total. The van der Waals surface area contributed by atoms with Crippen LogP contribution in [0.25, 0.3) is 0 Å². The average molecular weight is 305 g/mol. The molecular formula is C14H15N3O5. The van der Waals surface area contributed by atoms with Gasteiger partial charge in [-0.1, -0.05) is 18.2 Å². The van der Waals surface area contributed by atoms with E-state index in [1.165, 1.54) is 17.0 Å². The van der Waals surface area contributed by atoms with Crippen molar-refractivity contribution in [3.8, 4) is 0 Å². The van der Waals surface area contributed by atoms with E-state index in [-0.39, 0.29) is 18.0 Å². The van der Waals surface area contributed by atoms with Crippen molar-refractivity contribution in [1.29, 1.82) is 0 Å². The van der Waals surface area contributed by atoms with E-state index in [4.69, 9.17) is 5.73 Å². The van der Waals surface area contributed by atoms with Crippen molar-refractivity contribution in [2.24, 2.45) is 5.73 Å². The number of nitrogens with two attached hydrogens (primary N) is 1. The van der Waals surface area contributed by atoms with Gasteiger partial charge in [0.2, 0.25) is 11.8 Å². The number of nitro benzene ring substituents is 1. The predicted molar refractivity (Wildman–Crippen MR) is 76.4 cm³/mol. The van der Waals surface area contributed by atoms with E-state index >= 15 is 0 Å². The Hall–Kier alpha value is -2.74. The second-order valence-corrected chi connectivity index (χ2v) is 4.96. The van der Waals surface area contributed by atoms with Gasteiger partial charge in [-0.3, -0.25) is 19.7 Å². The van der Waals surface area contributed by atoms with Crippen LogP contribution in [0.5, 0.6) is 0 Å². The van der Waals surface area contributed by atoms with Crippen LogP contribution in [0.1, 0.15) is 12.0 Å². The van der Waals surface area contributed by atoms with Crippen LogP contribution in [-0.2, 0) is 16.1 Å². The summed E-state index contributed by atoms with van der Waals surface area (Å²) in [6.07, 6.45) is 0.152. The van der Waals surface area contributed by atoms with Crippen molar-refractivity contribution in [3.05, 3.63) is 51.6 Å². The van der Waals surface area contributed by atoms with Gasteiger partial charge in [-0.25, -0.2) is 0 Å². The fourth-order valence-corrected chi connectivity index (χ4v) is 2.15. The molecule has 1 aliphatic heterocycles. The summed E-state index contributed by atoms with van der Waals surface area (Å²) in [6, 6.07) is 5.92. The summed E-state index contributed by atoms with van der Waals surface area (Å²) < 4.78 is 0. The molecule has 8 heteroatoms. The van der Waals surface area contributed by atoms with E-state index in [9.17, 15) is 24.8 Å². The predicted octanol–water partition coefficient (Wildman–Crippen LogP) is 0.0997. The van der Waals surface area contributed by atoms with Gasteiger partial charge in [0.1, 0.15) is 6.10 Å². The summed E-state index contributed by atoms with van der Waals surface area (Å²) in [7, 11) is 0. The van der Waals surface area contributed by atoms with Gasteiger partial charge in [-0.05, 0) is 5.56 Å². The molecule has 2 amide bonds. The first-order chi connectivity index (χ1) is 10.4. The largest absolute Gasteiger partial charge is 0.383 e. The summed E-state index contributed by atoms with van der Waals surface area (Å²) in [5, 5.41) is 20.0. The Kier molecular flexibility index (Phi) is 4.52. The number of primary amides is 1. The summed E-state index contributed by atoms with van der Waals surface area (Å²) in [5.41, 5.74) is 6.04. The van der Waals surface area contributed by atoms with Gasteiger partial charge < -0.3 is 15.7 Å². The highest BCUT2D eigenvalue weighted by Crippen LogP contribution is 2.20. The average Bonchev–Trinajstić information content (AvgIpc) is 2.80. The zero-order chi connectivity index (χ0) is 16.3. The zero-order valence-corrected chi connectivity index (χ0v) is 11.6. The molecule has 1 aromatic carbocycles. The molecule has 1 atom stereocenters. The lowest BCUT2D eigenvalue weighted by molar-refractivity contribution is -0.384. The van der Waals surface area contributed by atoms with Gasteiger partial charge in [0.05, 0.1) is 4.92 Å². The van der Waals surface area contributed by atoms with E-state index in [1.807, 2.05) is 0 Å². The highest BCUT2D eigenvalue weighted by molar-refractivity contribution is 5.96. The number of amides is 2. The third-order valence-electron chi connectivity index (χ3n) is 3.38. The highest BCUT2D eigenvalue weighted by atomic mass is 16.6. The number of aliphatic hydroxyl groups excluding tert-OH is 1. The molecule has 1 heterocycles. The van der Waals surface area contributed by atoms with Crippen molar-refractivity contribution >= 4 is 17.5 Å². The highest BCUT2D eigenvalue weighted by Gasteiger charge is 2.27. The van der Waals surface area contributed by atoms with Gasteiger partial charge in [-0.15, -0.1) is 0 Å². The molecule has 0 saturated heterocycles. The Bertz CT molecular complexity index is 638. The molecule has 0 aromatic heterocycles. The number of nitro groups is 1. The van der Waals surface area contributed by atoms with E-state index < -0.39 is 16.9 Å². The Balaban J connectivity index is 1.97. The van der Waals surface area contributed by atoms with Crippen molar-refractivity contribution in [1.82, 2.24) is 4.90 Å². The summed E-state index contributed by atoms with van der Waals surface area (Å²) in [6.45, 7) is 0.653. The van der Waals surface area contributed by atoms with Gasteiger partial charge in [0, 0.05) is 37.2 Å². The number of hydrogen-bond acceptors (Lipinski definition) is 5. The molecule has 2 rings (SSSR count). The normalized spacial score (nSPS) is 15.6. The van der Waals surface area contributed by atoms with Crippen LogP contribution in [0.4, 0.5) is 5.69 Å². The van der Waals surface area contributed by atoms with Crippen LogP contribution < -0.4 is 5.73 Å². The molecule has 1 unspecified atom stereocenters. The SMILES string of the molecule is NC(=O)C(O)CC1=CCN(Cc2ccc([N+](=O)[O-])cc2)C1=O. The molecule has 116 valence electrons. The Morgan fingerprint density at radius 2 is 2.05 bits per heavy atom. The number of carbonyl (C=O) groups is 2. The molecule has 1 aliphatic rings. The number of carbonyl (C=O) groups excluding carboxylic acids is 2. The second-order valence-electron chi connectivity index (χ2n) is 4.96. The molecule has 0 saturated carbocycles. The minimum atomic E-state index is -1.38. The molecule has 1 aromatic rings. The van der Waals surface area contributed by atoms with Crippen molar-refractivity contribution in [2.75, 3.05) is 6.54 Å². The quantitative estimate of drug-likeness (QED) is 0.569. The maximum absolute atomic E-state index is 12.1. The molecule has 3 N–H and O–H groups in total. The van der Waals surface area contributed by atoms with Crippen LogP contribution in [-0.4, -0.2) is 39.4 Å². The van der Waals surface area contributed by atoms with Crippen LogP contribution >= 0.6 is 0 Å². The molecule has 22 heavy (non-hydrogen) atoms. The molecule has 0 fully saturated rings. The third-order valence-corrected chi connectivity index (χ3v) is 3.38. The number of benzene rings is 1. The maximum Gasteiger partial charge on any atom is 0.269 e. The first-order valence-corrected chi connectivity index (χ1v) is 6.57. The van der Waals surface area contributed by atoms with Crippen molar-refractivity contribution in [3.63, 3.8) is 0 Å². The molecule has 0 spiro atoms. The standard InChI is InChI=1S/C14H15N3O5/c15-13(19)12(18)7-10-5-6-16(14(10)20)8-9-1-3-11(4-2-9)17(21)22/h1-5,12,18H,6-8H2,(H2,15,19). The zero-order valence-electron chi connectivity index (χ0n) is 11.6. The summed E-state index contributed by atoms with van der Waals surface area (Å²) >= 11 is 0. The van der Waals surface area contributed by atoms with Crippen molar-refractivity contribution in [2.45, 2.75) is 19.1 Å². The summed E-state index contributed by atoms with van der Waals surface area (Å²) in [5.74, 6) is -1.15. The number of non-ortho nitro benzene ring substituents is 1. The smallest absolute Gasteiger partial charge is 0.269 e. The van der Waals surface area contributed by atoms with Crippen LogP contribution in [0.2, 0.25) is 0 Å². The number of rotatable bonds is 6. The first kappa shape index (κ1) is 15.6. The third kappa shape index (κ3) is 3.47. The van der Waals surface area contributed by atoms with Crippen LogP contribution in [0.3, 0.4) is 0 Å². The fraction of sp³-hybridized carbons (Fsp3) is 0.286. The molecule has 0 bridgehead atoms. The minimum absolute atomic E-state index is 0.0140. The van der Waals surface area contributed by atoms with E-state index in [2.05, 4.69) is 0 Å². The van der Waals surface area contributed by atoms with E-state index in [0.717, 1.165) is 5.56 Å². The van der Waals surface area contributed by atoms with Crippen molar-refractivity contribution < 1.29 is 19.6 Å². The number of hydrogen-bond donors (Lipinski definition) is 2. The van der Waals surface area contributed by atoms with Crippen LogP contribution in [0.15, 0.2) is 35.9 Å². The topological polar surface area (TPSA) is 127 Å². The van der Waals surface area contributed by atoms with Gasteiger partial charge in [0.25, 0.3) is 5.69 Å². The van der Waals surface area contributed by atoms with Crippen LogP contribution in [0, 0.1) is 10.1 Å². The second kappa shape index (κ2) is 6.35. The Labute approximate surface area is 126 Å². The first-order valence-electron chi connectivity index (χ1n) is 6.57. The van der Waals surface area contributed by atoms with E-state index in [1.54, 1.807) is 18.2 Å². The lowest BCUT2D eigenvalue weighted by Crippen LogP contribution is -2.31. The number of nitrogens with zero attached hydrogens (tertiary/aromatic N) is 2. The summed E-state index contributed by atoms with van der Waals surface area (Å²) in [4.78, 5) is 34.6.